The van der Waals surface area contributed by atoms with Gasteiger partial charge in [-0.2, -0.15) is 0 Å². The van der Waals surface area contributed by atoms with Gasteiger partial charge in [0.15, 0.2) is 0 Å². The Morgan fingerprint density at radius 1 is 1.18 bits per heavy atom. The molecule has 1 saturated carbocycles. The largest absolute Gasteiger partial charge is 0.478 e. The van der Waals surface area contributed by atoms with Crippen molar-refractivity contribution in [2.75, 3.05) is 5.32 Å². The molecule has 28 heavy (non-hydrogen) atoms. The lowest BCUT2D eigenvalue weighted by Gasteiger charge is -2.46. The number of carboxylic acids is 1. The summed E-state index contributed by atoms with van der Waals surface area (Å²) >= 11 is 1.90. The normalized spacial score (nSPS) is 22.5. The van der Waals surface area contributed by atoms with E-state index in [4.69, 9.17) is 5.11 Å². The van der Waals surface area contributed by atoms with E-state index in [1.54, 1.807) is 12.1 Å². The Bertz CT molecular complexity index is 903. The molecule has 2 N–H and O–H groups in total. The molecule has 0 bridgehead atoms. The summed E-state index contributed by atoms with van der Waals surface area (Å²) in [6.45, 7) is 11.9. The summed E-state index contributed by atoms with van der Waals surface area (Å²) < 4.78 is 0. The Morgan fingerprint density at radius 2 is 1.82 bits per heavy atom. The summed E-state index contributed by atoms with van der Waals surface area (Å²) in [5.74, 6) is 0.802. The van der Waals surface area contributed by atoms with E-state index in [0.717, 1.165) is 17.5 Å². The lowest BCUT2D eigenvalue weighted by atomic mass is 9.59. The molecule has 2 aliphatic carbocycles. The number of carboxylic acid groups (broad SMARTS) is 1. The Kier molecular flexibility index (Phi) is 4.61. The van der Waals surface area contributed by atoms with Gasteiger partial charge in [-0.3, -0.25) is 0 Å². The minimum absolute atomic E-state index is 0.193. The maximum absolute atomic E-state index is 11.1. The van der Waals surface area contributed by atoms with Crippen molar-refractivity contribution in [3.05, 3.63) is 45.8 Å². The number of hydrogen-bond donors (Lipinski definition) is 2. The predicted octanol–water partition coefficient (Wildman–Crippen LogP) is 6.87. The van der Waals surface area contributed by atoms with Crippen LogP contribution in [0.25, 0.3) is 0 Å². The molecule has 4 heteroatoms. The van der Waals surface area contributed by atoms with Gasteiger partial charge in [0.1, 0.15) is 0 Å². The van der Waals surface area contributed by atoms with Gasteiger partial charge in [0.25, 0.3) is 0 Å². The van der Waals surface area contributed by atoms with Crippen LogP contribution in [0.2, 0.25) is 0 Å². The SMILES string of the molecule is Cc1c(Nc2ccc(C(=O)O)cc2)sc2c1C(C)(C)CC(CC1CC1)C2(C)C. The minimum atomic E-state index is -0.889. The lowest BCUT2D eigenvalue weighted by molar-refractivity contribution is 0.0697. The number of fused-ring (bicyclic) bond motifs is 1. The highest BCUT2D eigenvalue weighted by atomic mass is 32.1. The quantitative estimate of drug-likeness (QED) is 0.578. The molecule has 3 nitrogen and oxygen atoms in total. The van der Waals surface area contributed by atoms with E-state index in [1.165, 1.54) is 46.7 Å². The monoisotopic (exact) mass is 397 g/mol. The third-order valence-electron chi connectivity index (χ3n) is 6.89. The molecular formula is C24H31NO2S. The van der Waals surface area contributed by atoms with E-state index in [9.17, 15) is 4.79 Å². The van der Waals surface area contributed by atoms with Crippen molar-refractivity contribution in [3.63, 3.8) is 0 Å². The van der Waals surface area contributed by atoms with Crippen molar-refractivity contribution in [2.45, 2.75) is 71.1 Å². The zero-order valence-electron chi connectivity index (χ0n) is 17.6. The zero-order chi connectivity index (χ0) is 20.3. The predicted molar refractivity (Wildman–Crippen MR) is 117 cm³/mol. The van der Waals surface area contributed by atoms with Gasteiger partial charge in [0.05, 0.1) is 10.6 Å². The Morgan fingerprint density at radius 3 is 2.39 bits per heavy atom. The van der Waals surface area contributed by atoms with Gasteiger partial charge in [-0.1, -0.05) is 40.5 Å². The second kappa shape index (κ2) is 6.62. The molecule has 0 amide bonds. The molecule has 2 aliphatic rings. The van der Waals surface area contributed by atoms with Gasteiger partial charge < -0.3 is 10.4 Å². The minimum Gasteiger partial charge on any atom is -0.478 e. The molecule has 0 aliphatic heterocycles. The summed E-state index contributed by atoms with van der Waals surface area (Å²) in [5, 5.41) is 13.9. The Balaban J connectivity index is 1.68. The highest BCUT2D eigenvalue weighted by Gasteiger charge is 2.48. The summed E-state index contributed by atoms with van der Waals surface area (Å²) in [5.41, 5.74) is 4.54. The second-order valence-corrected chi connectivity index (χ2v) is 11.0. The molecule has 1 fully saturated rings. The van der Waals surface area contributed by atoms with Crippen molar-refractivity contribution in [3.8, 4) is 0 Å². The first-order valence-corrected chi connectivity index (χ1v) is 11.2. The fourth-order valence-electron chi connectivity index (χ4n) is 5.02. The molecule has 0 radical (unpaired) electrons. The fourth-order valence-corrected chi connectivity index (χ4v) is 6.61. The average molecular weight is 398 g/mol. The van der Waals surface area contributed by atoms with Gasteiger partial charge in [-0.15, -0.1) is 11.3 Å². The second-order valence-electron chi connectivity index (χ2n) is 9.95. The van der Waals surface area contributed by atoms with E-state index in [2.05, 4.69) is 39.9 Å². The van der Waals surface area contributed by atoms with Crippen LogP contribution < -0.4 is 5.32 Å². The van der Waals surface area contributed by atoms with Gasteiger partial charge in [-0.25, -0.2) is 4.79 Å². The number of rotatable bonds is 5. The summed E-state index contributed by atoms with van der Waals surface area (Å²) in [6, 6.07) is 7.03. The highest BCUT2D eigenvalue weighted by Crippen LogP contribution is 2.58. The molecule has 150 valence electrons. The highest BCUT2D eigenvalue weighted by molar-refractivity contribution is 7.16. The van der Waals surface area contributed by atoms with Crippen molar-refractivity contribution in [2.24, 2.45) is 11.8 Å². The molecule has 0 saturated heterocycles. The van der Waals surface area contributed by atoms with Gasteiger partial charge in [-0.05, 0) is 72.4 Å². The van der Waals surface area contributed by atoms with E-state index >= 15 is 0 Å². The fraction of sp³-hybridized carbons (Fsp3) is 0.542. The van der Waals surface area contributed by atoms with E-state index < -0.39 is 5.97 Å². The Labute approximate surface area is 172 Å². The van der Waals surface area contributed by atoms with Crippen LogP contribution in [-0.2, 0) is 10.8 Å². The first kappa shape index (κ1) is 19.5. The third-order valence-corrected chi connectivity index (χ3v) is 8.44. The van der Waals surface area contributed by atoms with Crippen LogP contribution >= 0.6 is 11.3 Å². The van der Waals surface area contributed by atoms with E-state index in [-0.39, 0.29) is 10.8 Å². The van der Waals surface area contributed by atoms with Gasteiger partial charge >= 0.3 is 5.97 Å². The maximum atomic E-state index is 11.1. The van der Waals surface area contributed by atoms with Crippen molar-refractivity contribution in [1.82, 2.24) is 0 Å². The van der Waals surface area contributed by atoms with Crippen LogP contribution in [0, 0.1) is 18.8 Å². The third kappa shape index (κ3) is 3.36. The molecule has 1 aromatic heterocycles. The standard InChI is InChI=1S/C24H31NO2S/c1-14-19-20(24(4,5)17(12-15-6-7-15)13-23(19,2)3)28-21(14)25-18-10-8-16(9-11-18)22(26)27/h8-11,15,17,25H,6-7,12-13H2,1-5H3,(H,26,27). The van der Waals surface area contributed by atoms with Crippen LogP contribution in [0.1, 0.15) is 79.7 Å². The lowest BCUT2D eigenvalue weighted by Crippen LogP contribution is -2.41. The zero-order valence-corrected chi connectivity index (χ0v) is 18.4. The number of benzene rings is 1. The first-order chi connectivity index (χ1) is 13.1. The van der Waals surface area contributed by atoms with Crippen LogP contribution in [-0.4, -0.2) is 11.1 Å². The van der Waals surface area contributed by atoms with Crippen molar-refractivity contribution < 1.29 is 9.90 Å². The number of carbonyl (C=O) groups is 1. The first-order valence-electron chi connectivity index (χ1n) is 10.3. The smallest absolute Gasteiger partial charge is 0.335 e. The van der Waals surface area contributed by atoms with E-state index in [1.807, 2.05) is 23.5 Å². The van der Waals surface area contributed by atoms with Crippen LogP contribution in [0.4, 0.5) is 10.7 Å². The molecule has 1 unspecified atom stereocenters. The Hall–Kier alpha value is -1.81. The van der Waals surface area contributed by atoms with Crippen molar-refractivity contribution >= 4 is 28.0 Å². The maximum Gasteiger partial charge on any atom is 0.335 e. The molecule has 2 aromatic rings. The average Bonchev–Trinajstić information content (AvgIpc) is 3.36. The molecule has 1 heterocycles. The van der Waals surface area contributed by atoms with Gasteiger partial charge in [0, 0.05) is 16.0 Å². The number of aromatic carboxylic acids is 1. The van der Waals surface area contributed by atoms with Crippen LogP contribution in [0.3, 0.4) is 0 Å². The topological polar surface area (TPSA) is 49.3 Å². The molecule has 0 spiro atoms. The van der Waals surface area contributed by atoms with Gasteiger partial charge in [0.2, 0.25) is 0 Å². The number of thiophene rings is 1. The number of hydrogen-bond acceptors (Lipinski definition) is 3. The van der Waals surface area contributed by atoms with Crippen LogP contribution in [0.5, 0.6) is 0 Å². The summed E-state index contributed by atoms with van der Waals surface area (Å²) in [6.07, 6.45) is 5.46. The number of nitrogens with one attached hydrogen (secondary N) is 1. The van der Waals surface area contributed by atoms with Crippen LogP contribution in [0.15, 0.2) is 24.3 Å². The summed E-state index contributed by atoms with van der Waals surface area (Å²) in [7, 11) is 0. The molecule has 1 aromatic carbocycles. The summed E-state index contributed by atoms with van der Waals surface area (Å²) in [4.78, 5) is 12.6. The van der Waals surface area contributed by atoms with Crippen molar-refractivity contribution in [1.29, 1.82) is 0 Å². The molecular weight excluding hydrogens is 366 g/mol. The molecule has 4 rings (SSSR count). The van der Waals surface area contributed by atoms with E-state index in [0.29, 0.717) is 5.56 Å². The number of anilines is 2. The molecule has 1 atom stereocenters.